The van der Waals surface area contributed by atoms with Crippen LogP contribution < -0.4 is 0 Å². The zero-order valence-electron chi connectivity index (χ0n) is 13.1. The molecule has 0 saturated heterocycles. The normalized spacial score (nSPS) is 12.6. The number of hydrogen-bond donors (Lipinski definition) is 1. The standard InChI is InChI=1S/C17H34O2/c1-3-4-5-7-11-14-17(19)15-12-9-6-8-10-13-16(2)18/h17,19H,3-15H2,1-2H3. The number of rotatable bonds is 14. The first-order valence-corrected chi connectivity index (χ1v) is 8.34. The van der Waals surface area contributed by atoms with E-state index >= 15 is 0 Å². The molecule has 0 spiro atoms. The second-order valence-corrected chi connectivity index (χ2v) is 5.87. The molecular weight excluding hydrogens is 236 g/mol. The van der Waals surface area contributed by atoms with Gasteiger partial charge in [-0.3, -0.25) is 0 Å². The third-order valence-corrected chi connectivity index (χ3v) is 3.71. The zero-order valence-corrected chi connectivity index (χ0v) is 13.1. The highest BCUT2D eigenvalue weighted by Crippen LogP contribution is 2.13. The number of unbranched alkanes of at least 4 members (excludes halogenated alkanes) is 8. The molecule has 0 heterocycles. The van der Waals surface area contributed by atoms with Crippen LogP contribution in [-0.2, 0) is 4.79 Å². The lowest BCUT2D eigenvalue weighted by Gasteiger charge is -2.10. The van der Waals surface area contributed by atoms with Crippen LogP contribution in [0, 0.1) is 0 Å². The van der Waals surface area contributed by atoms with Gasteiger partial charge in [-0.25, -0.2) is 0 Å². The Morgan fingerprint density at radius 2 is 1.32 bits per heavy atom. The number of aliphatic hydroxyl groups is 1. The van der Waals surface area contributed by atoms with E-state index in [1.54, 1.807) is 6.92 Å². The average Bonchev–Trinajstić information content (AvgIpc) is 2.37. The fourth-order valence-electron chi connectivity index (χ4n) is 2.41. The van der Waals surface area contributed by atoms with Crippen molar-refractivity contribution < 1.29 is 9.90 Å². The van der Waals surface area contributed by atoms with E-state index in [-0.39, 0.29) is 6.10 Å². The molecule has 0 saturated carbocycles. The van der Waals surface area contributed by atoms with Gasteiger partial charge in [0.15, 0.2) is 0 Å². The topological polar surface area (TPSA) is 37.3 Å². The van der Waals surface area contributed by atoms with Crippen molar-refractivity contribution in [3.05, 3.63) is 0 Å². The van der Waals surface area contributed by atoms with Crippen LogP contribution in [0.5, 0.6) is 0 Å². The van der Waals surface area contributed by atoms with Crippen LogP contribution in [0.3, 0.4) is 0 Å². The Morgan fingerprint density at radius 3 is 1.84 bits per heavy atom. The van der Waals surface area contributed by atoms with Crippen molar-refractivity contribution in [3.8, 4) is 0 Å². The van der Waals surface area contributed by atoms with E-state index in [0.29, 0.717) is 5.78 Å². The fraction of sp³-hybridized carbons (Fsp3) is 0.941. The highest BCUT2D eigenvalue weighted by molar-refractivity contribution is 5.75. The maximum absolute atomic E-state index is 10.8. The minimum atomic E-state index is -0.0844. The molecule has 0 aromatic heterocycles. The Labute approximate surface area is 120 Å². The van der Waals surface area contributed by atoms with Crippen molar-refractivity contribution in [1.29, 1.82) is 0 Å². The van der Waals surface area contributed by atoms with Gasteiger partial charge in [0.05, 0.1) is 6.10 Å². The monoisotopic (exact) mass is 270 g/mol. The van der Waals surface area contributed by atoms with Gasteiger partial charge in [-0.2, -0.15) is 0 Å². The quantitative estimate of drug-likeness (QED) is 0.450. The number of aliphatic hydroxyl groups excluding tert-OH is 1. The van der Waals surface area contributed by atoms with Gasteiger partial charge in [0.25, 0.3) is 0 Å². The van der Waals surface area contributed by atoms with E-state index < -0.39 is 0 Å². The number of Topliss-reactive ketones (excluding diaryl/α,β-unsaturated/α-hetero) is 1. The first-order valence-electron chi connectivity index (χ1n) is 8.34. The van der Waals surface area contributed by atoms with Gasteiger partial charge in [0.2, 0.25) is 0 Å². The summed E-state index contributed by atoms with van der Waals surface area (Å²) < 4.78 is 0. The van der Waals surface area contributed by atoms with E-state index in [1.807, 2.05) is 0 Å². The molecule has 0 bridgehead atoms. The molecule has 0 radical (unpaired) electrons. The SMILES string of the molecule is CCCCCCCC(O)CCCCCCCC(C)=O. The van der Waals surface area contributed by atoms with Gasteiger partial charge in [0.1, 0.15) is 5.78 Å². The molecule has 2 heteroatoms. The maximum Gasteiger partial charge on any atom is 0.129 e. The van der Waals surface area contributed by atoms with Crippen molar-refractivity contribution in [2.24, 2.45) is 0 Å². The summed E-state index contributed by atoms with van der Waals surface area (Å²) in [5, 5.41) is 9.84. The van der Waals surface area contributed by atoms with Gasteiger partial charge >= 0.3 is 0 Å². The van der Waals surface area contributed by atoms with Crippen LogP contribution in [0.4, 0.5) is 0 Å². The van der Waals surface area contributed by atoms with Crippen molar-refractivity contribution in [2.75, 3.05) is 0 Å². The largest absolute Gasteiger partial charge is 0.393 e. The molecule has 0 aromatic rings. The van der Waals surface area contributed by atoms with Crippen LogP contribution in [0.15, 0.2) is 0 Å². The Morgan fingerprint density at radius 1 is 0.842 bits per heavy atom. The molecule has 0 fully saturated rings. The minimum Gasteiger partial charge on any atom is -0.393 e. The molecule has 1 N–H and O–H groups in total. The molecule has 0 aliphatic carbocycles. The van der Waals surface area contributed by atoms with Gasteiger partial charge in [-0.15, -0.1) is 0 Å². The number of hydrogen-bond acceptors (Lipinski definition) is 2. The van der Waals surface area contributed by atoms with Crippen molar-refractivity contribution in [1.82, 2.24) is 0 Å². The fourth-order valence-corrected chi connectivity index (χ4v) is 2.41. The highest BCUT2D eigenvalue weighted by Gasteiger charge is 2.03. The molecule has 114 valence electrons. The summed E-state index contributed by atoms with van der Waals surface area (Å²) in [7, 11) is 0. The Hall–Kier alpha value is -0.370. The maximum atomic E-state index is 10.8. The lowest BCUT2D eigenvalue weighted by molar-refractivity contribution is -0.117. The molecule has 0 aliphatic heterocycles. The summed E-state index contributed by atoms with van der Waals surface area (Å²) in [5.74, 6) is 0.304. The molecule has 1 unspecified atom stereocenters. The van der Waals surface area contributed by atoms with Crippen LogP contribution in [0.2, 0.25) is 0 Å². The summed E-state index contributed by atoms with van der Waals surface area (Å²) in [5.41, 5.74) is 0. The Kier molecular flexibility index (Phi) is 13.8. The lowest BCUT2D eigenvalue weighted by atomic mass is 10.0. The second-order valence-electron chi connectivity index (χ2n) is 5.87. The van der Waals surface area contributed by atoms with Gasteiger partial charge in [-0.05, 0) is 26.2 Å². The van der Waals surface area contributed by atoms with Crippen LogP contribution in [0.25, 0.3) is 0 Å². The van der Waals surface area contributed by atoms with E-state index in [0.717, 1.165) is 38.5 Å². The highest BCUT2D eigenvalue weighted by atomic mass is 16.3. The van der Waals surface area contributed by atoms with Gasteiger partial charge in [-0.1, -0.05) is 64.7 Å². The first-order chi connectivity index (χ1) is 9.16. The predicted molar refractivity (Wildman–Crippen MR) is 82.4 cm³/mol. The predicted octanol–water partition coefficient (Wildman–Crippen LogP) is 5.03. The smallest absolute Gasteiger partial charge is 0.129 e. The lowest BCUT2D eigenvalue weighted by Crippen LogP contribution is -2.05. The zero-order chi connectivity index (χ0) is 14.3. The second kappa shape index (κ2) is 14.0. The Bertz CT molecular complexity index is 201. The third-order valence-electron chi connectivity index (χ3n) is 3.71. The minimum absolute atomic E-state index is 0.0844. The van der Waals surface area contributed by atoms with Crippen LogP contribution in [0.1, 0.15) is 97.3 Å². The summed E-state index contributed by atoms with van der Waals surface area (Å²) in [6.07, 6.45) is 14.7. The molecule has 0 aromatic carbocycles. The molecule has 19 heavy (non-hydrogen) atoms. The summed E-state index contributed by atoms with van der Waals surface area (Å²) in [6.45, 7) is 3.89. The molecule has 0 aliphatic rings. The molecule has 1 atom stereocenters. The first kappa shape index (κ1) is 18.6. The van der Waals surface area contributed by atoms with E-state index in [1.165, 1.54) is 44.9 Å². The summed E-state index contributed by atoms with van der Waals surface area (Å²) in [4.78, 5) is 10.8. The van der Waals surface area contributed by atoms with Crippen molar-refractivity contribution >= 4 is 5.78 Å². The van der Waals surface area contributed by atoms with Crippen molar-refractivity contribution in [3.63, 3.8) is 0 Å². The molecule has 2 nitrogen and oxygen atoms in total. The van der Waals surface area contributed by atoms with Gasteiger partial charge in [0, 0.05) is 6.42 Å². The molecular formula is C17H34O2. The third kappa shape index (κ3) is 15.6. The van der Waals surface area contributed by atoms with Crippen LogP contribution in [-0.4, -0.2) is 17.0 Å². The van der Waals surface area contributed by atoms with Crippen LogP contribution >= 0.6 is 0 Å². The average molecular weight is 270 g/mol. The Balaban J connectivity index is 3.15. The number of carbonyl (C=O) groups excluding carboxylic acids is 1. The van der Waals surface area contributed by atoms with Gasteiger partial charge < -0.3 is 9.90 Å². The number of carbonyl (C=O) groups is 1. The number of ketones is 1. The summed E-state index contributed by atoms with van der Waals surface area (Å²) in [6, 6.07) is 0. The van der Waals surface area contributed by atoms with E-state index in [9.17, 15) is 9.90 Å². The molecule has 0 amide bonds. The van der Waals surface area contributed by atoms with Crippen molar-refractivity contribution in [2.45, 2.75) is 103 Å². The summed E-state index contributed by atoms with van der Waals surface area (Å²) >= 11 is 0. The molecule has 0 rings (SSSR count). The van der Waals surface area contributed by atoms with E-state index in [2.05, 4.69) is 6.92 Å². The van der Waals surface area contributed by atoms with E-state index in [4.69, 9.17) is 0 Å².